The Kier molecular flexibility index (Phi) is 9.01. The van der Waals surface area contributed by atoms with Crippen molar-refractivity contribution in [3.63, 3.8) is 0 Å². The number of thiophene rings is 1. The van der Waals surface area contributed by atoms with Crippen molar-refractivity contribution in [1.29, 1.82) is 0 Å². The number of sulfonamides is 1. The number of rotatable bonds is 11. The van der Waals surface area contributed by atoms with Crippen LogP contribution in [0.3, 0.4) is 0 Å². The molecule has 5 aromatic rings. The summed E-state index contributed by atoms with van der Waals surface area (Å²) in [6.45, 7) is 3.83. The van der Waals surface area contributed by atoms with Crippen molar-refractivity contribution in [2.45, 2.75) is 36.2 Å². The zero-order valence-corrected chi connectivity index (χ0v) is 27.8. The average molecular weight is 644 g/mol. The van der Waals surface area contributed by atoms with E-state index in [1.165, 1.54) is 4.88 Å². The van der Waals surface area contributed by atoms with Crippen LogP contribution < -0.4 is 4.72 Å². The van der Waals surface area contributed by atoms with E-state index in [4.69, 9.17) is 0 Å². The van der Waals surface area contributed by atoms with Crippen LogP contribution in [0.2, 0.25) is 0 Å². The molecule has 1 aliphatic heterocycles. The minimum atomic E-state index is -3.88. The Hall–Kier alpha value is -3.70. The lowest BCUT2D eigenvalue weighted by atomic mass is 9.84. The molecule has 3 heterocycles. The largest absolute Gasteiger partial charge is 0.344 e. The Morgan fingerprint density at radius 2 is 1.64 bits per heavy atom. The van der Waals surface area contributed by atoms with Gasteiger partial charge in [-0.25, -0.2) is 8.42 Å². The minimum absolute atomic E-state index is 0.0119. The molecule has 0 spiro atoms. The quantitative estimate of drug-likeness (QED) is 0.190. The van der Waals surface area contributed by atoms with Gasteiger partial charge in [-0.1, -0.05) is 54.6 Å². The van der Waals surface area contributed by atoms with Crippen LogP contribution >= 0.6 is 11.3 Å². The van der Waals surface area contributed by atoms with Crippen LogP contribution in [0.4, 0.5) is 5.69 Å². The van der Waals surface area contributed by atoms with Crippen molar-refractivity contribution in [1.82, 2.24) is 19.3 Å². The van der Waals surface area contributed by atoms with Gasteiger partial charge < -0.3 is 14.4 Å². The second-order valence-corrected chi connectivity index (χ2v) is 14.8. The molecule has 0 saturated carbocycles. The lowest BCUT2D eigenvalue weighted by Gasteiger charge is -2.46. The summed E-state index contributed by atoms with van der Waals surface area (Å²) in [5.74, 6) is -0.0119. The fourth-order valence-electron chi connectivity index (χ4n) is 6.63. The van der Waals surface area contributed by atoms with E-state index >= 15 is 0 Å². The van der Waals surface area contributed by atoms with Gasteiger partial charge in [-0.2, -0.15) is 0 Å². The summed E-state index contributed by atoms with van der Waals surface area (Å²) in [5, 5.41) is 4.55. The highest BCUT2D eigenvalue weighted by molar-refractivity contribution is 7.93. The SMILES string of the molecule is CN(CCCN1CCC(c2cccs2)(N(C)C)CC1)C(=O)Cn1ccc2cccc(NS(=O)(=O)c3cccc4ccccc34)c21. The number of aromatic nitrogens is 1. The van der Waals surface area contributed by atoms with Crippen molar-refractivity contribution in [3.8, 4) is 0 Å². The van der Waals surface area contributed by atoms with Gasteiger partial charge in [0.25, 0.3) is 10.0 Å². The van der Waals surface area contributed by atoms with Gasteiger partial charge in [0.05, 0.1) is 21.6 Å². The predicted octanol–water partition coefficient (Wildman–Crippen LogP) is 6.06. The number of carbonyl (C=O) groups excluding carboxylic acids is 1. The first-order chi connectivity index (χ1) is 21.7. The van der Waals surface area contributed by atoms with Crippen LogP contribution in [0.1, 0.15) is 24.1 Å². The van der Waals surface area contributed by atoms with Crippen molar-refractivity contribution in [3.05, 3.63) is 95.3 Å². The molecule has 45 heavy (non-hydrogen) atoms. The molecule has 0 atom stereocenters. The van der Waals surface area contributed by atoms with E-state index in [1.54, 1.807) is 23.1 Å². The smallest absolute Gasteiger partial charge is 0.262 e. The number of nitrogens with zero attached hydrogens (tertiary/aromatic N) is 4. The maximum Gasteiger partial charge on any atom is 0.262 e. The molecular weight excluding hydrogens is 603 g/mol. The van der Waals surface area contributed by atoms with Crippen LogP contribution in [0, 0.1) is 0 Å². The van der Waals surface area contributed by atoms with Gasteiger partial charge in [-0.05, 0) is 74.9 Å². The van der Waals surface area contributed by atoms with Crippen molar-refractivity contribution < 1.29 is 13.2 Å². The maximum absolute atomic E-state index is 13.6. The summed E-state index contributed by atoms with van der Waals surface area (Å²) in [6.07, 6.45) is 4.95. The Bertz CT molecular complexity index is 1890. The Morgan fingerprint density at radius 1 is 0.911 bits per heavy atom. The molecule has 6 rings (SSSR count). The van der Waals surface area contributed by atoms with E-state index in [0.29, 0.717) is 23.1 Å². The molecule has 1 saturated heterocycles. The number of nitrogens with one attached hydrogen (secondary N) is 1. The molecule has 236 valence electrons. The number of amides is 1. The van der Waals surface area contributed by atoms with E-state index in [1.807, 2.05) is 77.7 Å². The summed E-state index contributed by atoms with van der Waals surface area (Å²) in [6, 6.07) is 24.5. The van der Waals surface area contributed by atoms with E-state index < -0.39 is 10.0 Å². The maximum atomic E-state index is 13.6. The predicted molar refractivity (Wildman–Crippen MR) is 184 cm³/mol. The summed E-state index contributed by atoms with van der Waals surface area (Å²) < 4.78 is 31.8. The third-order valence-corrected chi connectivity index (χ3v) is 11.8. The molecule has 8 nitrogen and oxygen atoms in total. The fourth-order valence-corrected chi connectivity index (χ4v) is 9.00. The highest BCUT2D eigenvalue weighted by Gasteiger charge is 2.38. The number of anilines is 1. The Labute approximate surface area is 269 Å². The number of benzene rings is 3. The summed E-state index contributed by atoms with van der Waals surface area (Å²) in [7, 11) is 2.34. The number of para-hydroxylation sites is 1. The lowest BCUT2D eigenvalue weighted by Crippen LogP contribution is -2.50. The summed E-state index contributed by atoms with van der Waals surface area (Å²) in [5.41, 5.74) is 1.24. The average Bonchev–Trinajstić information content (AvgIpc) is 3.72. The second-order valence-electron chi connectivity index (χ2n) is 12.2. The van der Waals surface area contributed by atoms with Crippen molar-refractivity contribution in [2.24, 2.45) is 0 Å². The Morgan fingerprint density at radius 3 is 2.40 bits per heavy atom. The van der Waals surface area contributed by atoms with E-state index in [-0.39, 0.29) is 22.9 Å². The summed E-state index contributed by atoms with van der Waals surface area (Å²) >= 11 is 1.85. The Balaban J connectivity index is 1.08. The highest BCUT2D eigenvalue weighted by Crippen LogP contribution is 2.39. The van der Waals surface area contributed by atoms with Gasteiger partial charge in [0.2, 0.25) is 5.91 Å². The molecule has 1 aliphatic rings. The second kappa shape index (κ2) is 13.0. The van der Waals surface area contributed by atoms with Crippen LogP contribution in [0.5, 0.6) is 0 Å². The normalized spacial score (nSPS) is 15.6. The molecule has 0 unspecified atom stereocenters. The van der Waals surface area contributed by atoms with Crippen LogP contribution in [-0.2, 0) is 26.9 Å². The first-order valence-electron chi connectivity index (χ1n) is 15.4. The van der Waals surface area contributed by atoms with E-state index in [9.17, 15) is 13.2 Å². The van der Waals surface area contributed by atoms with Gasteiger partial charge in [0, 0.05) is 48.5 Å². The highest BCUT2D eigenvalue weighted by atomic mass is 32.2. The molecule has 10 heteroatoms. The van der Waals surface area contributed by atoms with Crippen LogP contribution in [-0.4, -0.2) is 80.9 Å². The number of hydrogen-bond donors (Lipinski definition) is 1. The minimum Gasteiger partial charge on any atom is -0.344 e. The number of hydrogen-bond acceptors (Lipinski definition) is 6. The van der Waals surface area contributed by atoms with Crippen molar-refractivity contribution >= 4 is 54.6 Å². The summed E-state index contributed by atoms with van der Waals surface area (Å²) in [4.78, 5) is 21.7. The monoisotopic (exact) mass is 643 g/mol. The number of fused-ring (bicyclic) bond motifs is 2. The number of likely N-dealkylation sites (N-methyl/N-ethyl adjacent to an activating group) is 1. The van der Waals surface area contributed by atoms with Gasteiger partial charge >= 0.3 is 0 Å². The molecule has 1 N–H and O–H groups in total. The molecule has 0 aliphatic carbocycles. The third-order valence-electron chi connectivity index (χ3n) is 9.29. The standard InChI is InChI=1S/C35H41N5O3S2/c1-37(2)35(32-16-8-25-44-32)18-23-39(24-19-35)21-9-20-38(3)33(41)26-40-22-17-28-12-6-14-30(34(28)40)36-45(42,43)31-15-7-11-27-10-4-5-13-29(27)31/h4-8,10-17,22,25,36H,9,18-21,23-24,26H2,1-3H3. The third kappa shape index (κ3) is 6.37. The first-order valence-corrected chi connectivity index (χ1v) is 17.8. The van der Waals surface area contributed by atoms with Gasteiger partial charge in [0.15, 0.2) is 0 Å². The molecule has 0 radical (unpaired) electrons. The number of piperidine rings is 1. The van der Waals surface area contributed by atoms with Crippen LogP contribution in [0.25, 0.3) is 21.7 Å². The van der Waals surface area contributed by atoms with Gasteiger partial charge in [-0.3, -0.25) is 14.4 Å². The first kappa shape index (κ1) is 31.3. The zero-order chi connectivity index (χ0) is 31.6. The van der Waals surface area contributed by atoms with Crippen molar-refractivity contribution in [2.75, 3.05) is 52.0 Å². The molecule has 1 amide bonds. The van der Waals surface area contributed by atoms with Gasteiger partial charge in [-0.15, -0.1) is 11.3 Å². The van der Waals surface area contributed by atoms with E-state index in [2.05, 4.69) is 46.1 Å². The van der Waals surface area contributed by atoms with Gasteiger partial charge in [0.1, 0.15) is 6.54 Å². The molecule has 2 aromatic heterocycles. The fraction of sp³-hybridized carbons (Fsp3) is 0.343. The number of carbonyl (C=O) groups is 1. The molecule has 0 bridgehead atoms. The molecule has 1 fully saturated rings. The van der Waals surface area contributed by atoms with E-state index in [0.717, 1.165) is 49.7 Å². The topological polar surface area (TPSA) is 77.9 Å². The lowest BCUT2D eigenvalue weighted by molar-refractivity contribution is -0.130. The number of likely N-dealkylation sites (tertiary alicyclic amines) is 1. The molecular formula is C35H41N5O3S2. The zero-order valence-electron chi connectivity index (χ0n) is 26.1. The van der Waals surface area contributed by atoms with Crippen LogP contribution in [0.15, 0.2) is 95.3 Å². The molecule has 3 aromatic carbocycles.